The maximum Gasteiger partial charge on any atom is 0.254 e. The minimum absolute atomic E-state index is 0.285. The highest BCUT2D eigenvalue weighted by atomic mass is 16.1. The van der Waals surface area contributed by atoms with Crippen LogP contribution < -0.4 is 11.5 Å². The van der Waals surface area contributed by atoms with Gasteiger partial charge in [-0.3, -0.25) is 4.79 Å². The van der Waals surface area contributed by atoms with E-state index >= 15 is 0 Å². The van der Waals surface area contributed by atoms with E-state index < -0.39 is 5.91 Å². The van der Waals surface area contributed by atoms with Crippen LogP contribution in [0.4, 0.5) is 5.82 Å². The van der Waals surface area contributed by atoms with Gasteiger partial charge in [-0.05, 0) is 24.6 Å². The Bertz CT molecular complexity index is 665. The largest absolute Gasteiger partial charge is 0.383 e. The van der Waals surface area contributed by atoms with E-state index in [1.54, 1.807) is 4.68 Å². The Morgan fingerprint density at radius 1 is 1.30 bits per heavy atom. The van der Waals surface area contributed by atoms with Crippen LogP contribution >= 0.6 is 0 Å². The van der Waals surface area contributed by atoms with E-state index in [0.29, 0.717) is 11.3 Å². The molecule has 5 heteroatoms. The predicted molar refractivity (Wildman–Crippen MR) is 79.9 cm³/mol. The number of primary amides is 1. The summed E-state index contributed by atoms with van der Waals surface area (Å²) < 4.78 is 1.58. The number of amides is 1. The van der Waals surface area contributed by atoms with Crippen molar-refractivity contribution < 1.29 is 4.79 Å². The Labute approximate surface area is 118 Å². The Hall–Kier alpha value is -2.30. The number of rotatable bonds is 2. The molecule has 20 heavy (non-hydrogen) atoms. The maximum atomic E-state index is 11.7. The number of benzene rings is 1. The van der Waals surface area contributed by atoms with Crippen molar-refractivity contribution in [2.75, 3.05) is 5.73 Å². The number of aromatic nitrogens is 2. The van der Waals surface area contributed by atoms with Gasteiger partial charge < -0.3 is 11.5 Å². The first-order valence-corrected chi connectivity index (χ1v) is 6.47. The van der Waals surface area contributed by atoms with Gasteiger partial charge in [0.15, 0.2) is 0 Å². The van der Waals surface area contributed by atoms with Gasteiger partial charge in [0, 0.05) is 5.41 Å². The van der Waals surface area contributed by atoms with E-state index in [9.17, 15) is 4.79 Å². The van der Waals surface area contributed by atoms with Crippen molar-refractivity contribution in [3.05, 3.63) is 41.1 Å². The van der Waals surface area contributed by atoms with Crippen LogP contribution in [0.5, 0.6) is 0 Å². The molecule has 0 fully saturated rings. The van der Waals surface area contributed by atoms with Crippen molar-refractivity contribution in [3.8, 4) is 5.69 Å². The van der Waals surface area contributed by atoms with E-state index in [2.05, 4.69) is 5.10 Å². The SMILES string of the molecule is Cc1cccc(-n2nc(C(C)(C)C)c(C(N)=O)c2N)c1. The van der Waals surface area contributed by atoms with Gasteiger partial charge in [-0.15, -0.1) is 0 Å². The first-order chi connectivity index (χ1) is 9.21. The molecule has 1 heterocycles. The van der Waals surface area contributed by atoms with Crippen LogP contribution in [-0.4, -0.2) is 15.7 Å². The van der Waals surface area contributed by atoms with Crippen molar-refractivity contribution in [2.45, 2.75) is 33.1 Å². The van der Waals surface area contributed by atoms with Crippen LogP contribution in [-0.2, 0) is 5.41 Å². The number of nitrogens with zero attached hydrogens (tertiary/aromatic N) is 2. The number of nitrogen functional groups attached to an aromatic ring is 1. The fourth-order valence-electron chi connectivity index (χ4n) is 2.16. The second-order valence-corrected chi connectivity index (χ2v) is 5.97. The first-order valence-electron chi connectivity index (χ1n) is 6.47. The number of nitrogens with two attached hydrogens (primary N) is 2. The molecule has 0 radical (unpaired) electrons. The minimum atomic E-state index is -0.550. The zero-order chi connectivity index (χ0) is 15.1. The number of hydrogen-bond acceptors (Lipinski definition) is 3. The molecule has 0 aliphatic heterocycles. The lowest BCUT2D eigenvalue weighted by atomic mass is 9.89. The summed E-state index contributed by atoms with van der Waals surface area (Å²) in [5, 5.41) is 4.50. The van der Waals surface area contributed by atoms with Crippen molar-refractivity contribution in [1.29, 1.82) is 0 Å². The second-order valence-electron chi connectivity index (χ2n) is 5.97. The highest BCUT2D eigenvalue weighted by Gasteiger charge is 2.29. The molecule has 0 aliphatic carbocycles. The molecule has 0 bridgehead atoms. The van der Waals surface area contributed by atoms with Gasteiger partial charge in [0.05, 0.1) is 11.4 Å². The summed E-state index contributed by atoms with van der Waals surface area (Å²) in [6.45, 7) is 7.91. The van der Waals surface area contributed by atoms with Crippen LogP contribution in [0.3, 0.4) is 0 Å². The smallest absolute Gasteiger partial charge is 0.254 e. The fraction of sp³-hybridized carbons (Fsp3) is 0.333. The average Bonchev–Trinajstić information content (AvgIpc) is 2.66. The van der Waals surface area contributed by atoms with Crippen molar-refractivity contribution in [2.24, 2.45) is 5.73 Å². The molecule has 5 nitrogen and oxygen atoms in total. The lowest BCUT2D eigenvalue weighted by Gasteiger charge is -2.16. The molecule has 1 amide bonds. The van der Waals surface area contributed by atoms with Crippen LogP contribution in [0.2, 0.25) is 0 Å². The molecule has 0 unspecified atom stereocenters. The van der Waals surface area contributed by atoms with E-state index in [-0.39, 0.29) is 11.2 Å². The van der Waals surface area contributed by atoms with E-state index in [4.69, 9.17) is 11.5 Å². The van der Waals surface area contributed by atoms with Gasteiger partial charge in [0.25, 0.3) is 5.91 Å². The quantitative estimate of drug-likeness (QED) is 0.878. The van der Waals surface area contributed by atoms with E-state index in [0.717, 1.165) is 11.3 Å². The highest BCUT2D eigenvalue weighted by molar-refractivity contribution is 5.99. The van der Waals surface area contributed by atoms with Gasteiger partial charge in [-0.2, -0.15) is 5.10 Å². The molecule has 1 aromatic carbocycles. The molecule has 4 N–H and O–H groups in total. The number of carbonyl (C=O) groups is 1. The summed E-state index contributed by atoms with van der Waals surface area (Å²) in [4.78, 5) is 11.7. The monoisotopic (exact) mass is 272 g/mol. The van der Waals surface area contributed by atoms with Gasteiger partial charge in [0.2, 0.25) is 0 Å². The summed E-state index contributed by atoms with van der Waals surface area (Å²) in [6, 6.07) is 7.77. The zero-order valence-corrected chi connectivity index (χ0v) is 12.3. The zero-order valence-electron chi connectivity index (χ0n) is 12.3. The summed E-state index contributed by atoms with van der Waals surface area (Å²) in [7, 11) is 0. The average molecular weight is 272 g/mol. The molecule has 106 valence electrons. The van der Waals surface area contributed by atoms with Crippen molar-refractivity contribution in [3.63, 3.8) is 0 Å². The Morgan fingerprint density at radius 2 is 1.95 bits per heavy atom. The Morgan fingerprint density at radius 3 is 2.40 bits per heavy atom. The predicted octanol–water partition coefficient (Wildman–Crippen LogP) is 2.16. The Balaban J connectivity index is 2.71. The molecule has 0 spiro atoms. The third-order valence-corrected chi connectivity index (χ3v) is 3.12. The maximum absolute atomic E-state index is 11.7. The minimum Gasteiger partial charge on any atom is -0.383 e. The van der Waals surface area contributed by atoms with E-state index in [1.165, 1.54) is 0 Å². The molecular formula is C15H20N4O. The summed E-state index contributed by atoms with van der Waals surface area (Å²) in [6.07, 6.45) is 0. The highest BCUT2D eigenvalue weighted by Crippen LogP contribution is 2.30. The summed E-state index contributed by atoms with van der Waals surface area (Å²) in [5.41, 5.74) is 14.1. The standard InChI is InChI=1S/C15H20N4O/c1-9-6-5-7-10(8-9)19-13(16)11(14(17)20)12(18-19)15(2,3)4/h5-8H,16H2,1-4H3,(H2,17,20). The molecule has 2 rings (SSSR count). The van der Waals surface area contributed by atoms with Gasteiger partial charge in [-0.1, -0.05) is 32.9 Å². The third-order valence-electron chi connectivity index (χ3n) is 3.12. The lowest BCUT2D eigenvalue weighted by molar-refractivity contribution is 0.0999. The fourth-order valence-corrected chi connectivity index (χ4v) is 2.16. The lowest BCUT2D eigenvalue weighted by Crippen LogP contribution is -2.21. The first kappa shape index (κ1) is 14.1. The van der Waals surface area contributed by atoms with Crippen LogP contribution in [0.25, 0.3) is 5.69 Å². The van der Waals surface area contributed by atoms with Gasteiger partial charge >= 0.3 is 0 Å². The van der Waals surface area contributed by atoms with Gasteiger partial charge in [-0.25, -0.2) is 4.68 Å². The third kappa shape index (κ3) is 2.39. The van der Waals surface area contributed by atoms with Gasteiger partial charge in [0.1, 0.15) is 11.4 Å². The molecule has 0 saturated heterocycles. The van der Waals surface area contributed by atoms with Crippen LogP contribution in [0.15, 0.2) is 24.3 Å². The van der Waals surface area contributed by atoms with Crippen LogP contribution in [0.1, 0.15) is 42.4 Å². The molecule has 0 atom stereocenters. The summed E-state index contributed by atoms with van der Waals surface area (Å²) >= 11 is 0. The summed E-state index contributed by atoms with van der Waals surface area (Å²) in [5.74, 6) is -0.264. The van der Waals surface area contributed by atoms with Crippen molar-refractivity contribution in [1.82, 2.24) is 9.78 Å². The Kier molecular flexibility index (Phi) is 3.29. The number of hydrogen-bond donors (Lipinski definition) is 2. The molecule has 0 saturated carbocycles. The number of anilines is 1. The molecule has 2 aromatic rings. The van der Waals surface area contributed by atoms with E-state index in [1.807, 2.05) is 52.0 Å². The topological polar surface area (TPSA) is 86.9 Å². The normalized spacial score (nSPS) is 11.6. The molecule has 0 aliphatic rings. The molecule has 1 aromatic heterocycles. The van der Waals surface area contributed by atoms with Crippen LogP contribution in [0, 0.1) is 6.92 Å². The number of aryl methyl sites for hydroxylation is 1. The molecular weight excluding hydrogens is 252 g/mol. The number of carbonyl (C=O) groups excluding carboxylic acids is 1. The van der Waals surface area contributed by atoms with Crippen molar-refractivity contribution >= 4 is 11.7 Å². The second kappa shape index (κ2) is 4.67.